The zero-order valence-corrected chi connectivity index (χ0v) is 17.4. The number of nitrogens with one attached hydrogen (secondary N) is 2. The number of thiophene rings is 1. The van der Waals surface area contributed by atoms with E-state index in [4.69, 9.17) is 23.2 Å². The van der Waals surface area contributed by atoms with Gasteiger partial charge in [0, 0.05) is 15.8 Å². The quantitative estimate of drug-likeness (QED) is 0.367. The lowest BCUT2D eigenvalue weighted by Crippen LogP contribution is -2.29. The third kappa shape index (κ3) is 4.75. The number of nitrogens with zero attached hydrogens (tertiary/aromatic N) is 1. The summed E-state index contributed by atoms with van der Waals surface area (Å²) >= 11 is 13.6. The Balaban J connectivity index is 1.78. The Hall–Kier alpha value is -2.62. The predicted octanol–water partition coefficient (Wildman–Crippen LogP) is 5.86. The highest BCUT2D eigenvalue weighted by atomic mass is 35.5. The Morgan fingerprint density at radius 1 is 1.10 bits per heavy atom. The van der Waals surface area contributed by atoms with E-state index in [-0.39, 0.29) is 15.6 Å². The molecule has 0 aliphatic rings. The average Bonchev–Trinajstić information content (AvgIpc) is 3.03. The van der Waals surface area contributed by atoms with E-state index in [2.05, 4.69) is 10.5 Å². The van der Waals surface area contributed by atoms with Gasteiger partial charge < -0.3 is 5.32 Å². The van der Waals surface area contributed by atoms with Crippen molar-refractivity contribution in [2.24, 2.45) is 5.10 Å². The number of carbonyl (C=O) groups is 2. The van der Waals surface area contributed by atoms with E-state index in [1.54, 1.807) is 36.5 Å². The van der Waals surface area contributed by atoms with E-state index in [0.717, 1.165) is 16.0 Å². The van der Waals surface area contributed by atoms with Crippen molar-refractivity contribution in [2.75, 3.05) is 5.32 Å². The number of anilines is 1. The van der Waals surface area contributed by atoms with Gasteiger partial charge >= 0.3 is 12.1 Å². The van der Waals surface area contributed by atoms with Crippen LogP contribution in [0.5, 0.6) is 0 Å². The second kappa shape index (κ2) is 8.63. The number of hydrogen-bond donors (Lipinski definition) is 2. The number of hydrazone groups is 1. The molecule has 30 heavy (non-hydrogen) atoms. The Labute approximate surface area is 182 Å². The molecule has 2 N–H and O–H groups in total. The van der Waals surface area contributed by atoms with Gasteiger partial charge in [0.2, 0.25) is 0 Å². The SMILES string of the molecule is CC(=NNC(=O)c1sc2cccc(Cl)c2c1Cl)c1cccc(NC(=O)C(F)(F)F)c1. The molecular weight excluding hydrogens is 462 g/mol. The summed E-state index contributed by atoms with van der Waals surface area (Å²) in [5.74, 6) is -2.64. The van der Waals surface area contributed by atoms with Gasteiger partial charge in [-0.3, -0.25) is 9.59 Å². The monoisotopic (exact) mass is 473 g/mol. The largest absolute Gasteiger partial charge is 0.471 e. The van der Waals surface area contributed by atoms with Gasteiger partial charge in [-0.15, -0.1) is 11.3 Å². The summed E-state index contributed by atoms with van der Waals surface area (Å²) in [6.45, 7) is 1.55. The fraction of sp³-hybridized carbons (Fsp3) is 0.105. The van der Waals surface area contributed by atoms with E-state index in [1.165, 1.54) is 18.2 Å². The molecule has 0 saturated carbocycles. The molecule has 0 bridgehead atoms. The smallest absolute Gasteiger partial charge is 0.318 e. The lowest BCUT2D eigenvalue weighted by Gasteiger charge is -2.09. The molecule has 11 heteroatoms. The van der Waals surface area contributed by atoms with Crippen LogP contribution in [0.15, 0.2) is 47.6 Å². The predicted molar refractivity (Wildman–Crippen MR) is 113 cm³/mol. The van der Waals surface area contributed by atoms with Gasteiger partial charge in [-0.25, -0.2) is 5.43 Å². The van der Waals surface area contributed by atoms with E-state index < -0.39 is 18.0 Å². The molecule has 0 spiro atoms. The van der Waals surface area contributed by atoms with Crippen LogP contribution in [-0.4, -0.2) is 23.7 Å². The zero-order valence-electron chi connectivity index (χ0n) is 15.1. The number of alkyl halides is 3. The number of halogens is 5. The van der Waals surface area contributed by atoms with Gasteiger partial charge in [-0.2, -0.15) is 18.3 Å². The second-order valence-corrected chi connectivity index (χ2v) is 7.87. The minimum atomic E-state index is -5.00. The van der Waals surface area contributed by atoms with Crippen LogP contribution >= 0.6 is 34.5 Å². The molecular formula is C19H12Cl2F3N3O2S. The topological polar surface area (TPSA) is 70.6 Å². The fourth-order valence-corrected chi connectivity index (χ4v) is 4.34. The molecule has 156 valence electrons. The fourth-order valence-electron chi connectivity index (χ4n) is 2.49. The molecule has 2 aromatic carbocycles. The summed E-state index contributed by atoms with van der Waals surface area (Å²) in [5, 5.41) is 6.94. The molecule has 0 atom stereocenters. The molecule has 0 radical (unpaired) electrons. The van der Waals surface area contributed by atoms with Crippen molar-refractivity contribution < 1.29 is 22.8 Å². The first-order chi connectivity index (χ1) is 14.1. The molecule has 0 aliphatic carbocycles. The van der Waals surface area contributed by atoms with E-state index in [1.807, 2.05) is 0 Å². The first-order valence-corrected chi connectivity index (χ1v) is 9.85. The lowest BCUT2D eigenvalue weighted by molar-refractivity contribution is -0.167. The summed E-state index contributed by atoms with van der Waals surface area (Å²) in [6, 6.07) is 10.8. The number of fused-ring (bicyclic) bond motifs is 1. The van der Waals surface area contributed by atoms with Crippen LogP contribution in [0, 0.1) is 0 Å². The van der Waals surface area contributed by atoms with Crippen molar-refractivity contribution in [2.45, 2.75) is 13.1 Å². The number of carbonyl (C=O) groups excluding carboxylic acids is 2. The molecule has 1 heterocycles. The molecule has 3 aromatic rings. The molecule has 3 rings (SSSR count). The Morgan fingerprint density at radius 3 is 2.47 bits per heavy atom. The highest BCUT2D eigenvalue weighted by Crippen LogP contribution is 2.39. The summed E-state index contributed by atoms with van der Waals surface area (Å²) in [5.41, 5.74) is 3.02. The van der Waals surface area contributed by atoms with E-state index in [0.29, 0.717) is 21.7 Å². The minimum Gasteiger partial charge on any atom is -0.318 e. The summed E-state index contributed by atoms with van der Waals surface area (Å²) in [7, 11) is 0. The number of benzene rings is 2. The van der Waals surface area contributed by atoms with Crippen molar-refractivity contribution in [1.29, 1.82) is 0 Å². The normalized spacial score (nSPS) is 12.1. The standard InChI is InChI=1S/C19H12Cl2F3N3O2S/c1-9(10-4-2-5-11(8-10)25-18(29)19(22,23)24)26-27-17(28)16-15(21)14-12(20)6-3-7-13(14)30-16/h2-8H,1H3,(H,25,29)(H,27,28). The summed E-state index contributed by atoms with van der Waals surface area (Å²) in [6.07, 6.45) is -5.00. The van der Waals surface area contributed by atoms with Crippen LogP contribution in [-0.2, 0) is 4.79 Å². The summed E-state index contributed by atoms with van der Waals surface area (Å²) in [4.78, 5) is 23.8. The highest BCUT2D eigenvalue weighted by Gasteiger charge is 2.38. The van der Waals surface area contributed by atoms with Crippen molar-refractivity contribution in [1.82, 2.24) is 5.43 Å². The van der Waals surface area contributed by atoms with Crippen LogP contribution in [0.2, 0.25) is 10.0 Å². The first-order valence-electron chi connectivity index (χ1n) is 8.27. The van der Waals surface area contributed by atoms with Gasteiger partial charge in [-0.1, -0.05) is 41.4 Å². The van der Waals surface area contributed by atoms with Crippen LogP contribution in [0.4, 0.5) is 18.9 Å². The molecule has 0 fully saturated rings. The first kappa shape index (κ1) is 22.1. The van der Waals surface area contributed by atoms with Crippen LogP contribution < -0.4 is 10.7 Å². The molecule has 0 unspecified atom stereocenters. The third-order valence-corrected chi connectivity index (χ3v) is 5.89. The Kier molecular flexibility index (Phi) is 6.35. The summed E-state index contributed by atoms with van der Waals surface area (Å²) < 4.78 is 37.9. The molecule has 5 nitrogen and oxygen atoms in total. The van der Waals surface area contributed by atoms with Gasteiger partial charge in [0.1, 0.15) is 4.88 Å². The molecule has 0 saturated heterocycles. The van der Waals surface area contributed by atoms with E-state index >= 15 is 0 Å². The molecule has 2 amide bonds. The lowest BCUT2D eigenvalue weighted by atomic mass is 10.1. The van der Waals surface area contributed by atoms with Crippen molar-refractivity contribution in [3.05, 3.63) is 63.0 Å². The molecule has 0 aliphatic heterocycles. The van der Waals surface area contributed by atoms with Gasteiger partial charge in [0.15, 0.2) is 0 Å². The van der Waals surface area contributed by atoms with Gasteiger partial charge in [-0.05, 0) is 36.8 Å². The number of amides is 2. The molecule has 1 aromatic heterocycles. The Morgan fingerprint density at radius 2 is 1.80 bits per heavy atom. The van der Waals surface area contributed by atoms with Crippen molar-refractivity contribution in [3.63, 3.8) is 0 Å². The van der Waals surface area contributed by atoms with Gasteiger partial charge in [0.05, 0.1) is 15.8 Å². The number of rotatable bonds is 4. The number of hydrogen-bond acceptors (Lipinski definition) is 4. The van der Waals surface area contributed by atoms with Crippen molar-refractivity contribution in [3.8, 4) is 0 Å². The minimum absolute atomic E-state index is 0.0575. The maximum absolute atomic E-state index is 12.5. The highest BCUT2D eigenvalue weighted by molar-refractivity contribution is 7.21. The van der Waals surface area contributed by atoms with Crippen LogP contribution in [0.25, 0.3) is 10.1 Å². The van der Waals surface area contributed by atoms with Crippen molar-refractivity contribution >= 4 is 67.8 Å². The Bertz CT molecular complexity index is 1180. The average molecular weight is 474 g/mol. The third-order valence-electron chi connectivity index (χ3n) is 3.93. The zero-order chi connectivity index (χ0) is 22.1. The van der Waals surface area contributed by atoms with Crippen LogP contribution in [0.3, 0.4) is 0 Å². The maximum atomic E-state index is 12.5. The van der Waals surface area contributed by atoms with Crippen LogP contribution in [0.1, 0.15) is 22.2 Å². The van der Waals surface area contributed by atoms with Gasteiger partial charge in [0.25, 0.3) is 5.91 Å². The maximum Gasteiger partial charge on any atom is 0.471 e. The second-order valence-electron chi connectivity index (χ2n) is 6.03. The van der Waals surface area contributed by atoms with E-state index in [9.17, 15) is 22.8 Å².